The number of methoxy groups -OCH3 is 1. The molecule has 2 rings (SSSR count). The smallest absolute Gasteiger partial charge is 0.118 e. The second-order valence-electron chi connectivity index (χ2n) is 4.94. The molecule has 20 heavy (non-hydrogen) atoms. The molecule has 2 aromatic rings. The van der Waals surface area contributed by atoms with Crippen molar-refractivity contribution in [3.05, 3.63) is 59.2 Å². The molecule has 106 valence electrons. The quantitative estimate of drug-likeness (QED) is 0.841. The van der Waals surface area contributed by atoms with Gasteiger partial charge in [0.05, 0.1) is 7.11 Å². The second-order valence-corrected chi connectivity index (χ2v) is 6.03. The molecule has 0 amide bonds. The van der Waals surface area contributed by atoms with E-state index in [1.54, 1.807) is 18.9 Å². The Labute approximate surface area is 125 Å². The summed E-state index contributed by atoms with van der Waals surface area (Å²) in [6, 6.07) is 14.6. The van der Waals surface area contributed by atoms with Crippen LogP contribution in [0.4, 0.5) is 0 Å². The van der Waals surface area contributed by atoms with E-state index in [-0.39, 0.29) is 6.04 Å². The number of benzene rings is 2. The first-order valence-corrected chi connectivity index (χ1v) is 7.68. The van der Waals surface area contributed by atoms with Crippen molar-refractivity contribution in [1.82, 2.24) is 0 Å². The van der Waals surface area contributed by atoms with Crippen LogP contribution in [0.1, 0.15) is 22.7 Å². The van der Waals surface area contributed by atoms with Crippen molar-refractivity contribution in [1.29, 1.82) is 0 Å². The summed E-state index contributed by atoms with van der Waals surface area (Å²) in [5.41, 5.74) is 10.0. The van der Waals surface area contributed by atoms with Gasteiger partial charge in [-0.1, -0.05) is 18.2 Å². The summed E-state index contributed by atoms with van der Waals surface area (Å²) in [5, 5.41) is 0. The number of nitrogens with two attached hydrogens (primary N) is 1. The summed E-state index contributed by atoms with van der Waals surface area (Å²) in [7, 11) is 1.67. The van der Waals surface area contributed by atoms with Gasteiger partial charge in [0, 0.05) is 16.7 Å². The summed E-state index contributed by atoms with van der Waals surface area (Å²) in [6.07, 6.45) is 0. The van der Waals surface area contributed by atoms with Gasteiger partial charge in [-0.15, -0.1) is 11.8 Å². The number of hydrogen-bond acceptors (Lipinski definition) is 3. The molecule has 0 saturated heterocycles. The minimum atomic E-state index is 0.0347. The predicted octanol–water partition coefficient (Wildman–Crippen LogP) is 4.10. The van der Waals surface area contributed by atoms with Crippen LogP contribution in [0, 0.1) is 13.8 Å². The molecule has 3 heteroatoms. The van der Waals surface area contributed by atoms with Crippen molar-refractivity contribution >= 4 is 11.8 Å². The minimum absolute atomic E-state index is 0.0347. The van der Waals surface area contributed by atoms with E-state index in [0.717, 1.165) is 17.1 Å². The van der Waals surface area contributed by atoms with E-state index >= 15 is 0 Å². The Balaban J connectivity index is 1.96. The lowest BCUT2D eigenvalue weighted by atomic mass is 10.1. The van der Waals surface area contributed by atoms with Crippen molar-refractivity contribution in [3.8, 4) is 5.75 Å². The van der Waals surface area contributed by atoms with Gasteiger partial charge < -0.3 is 10.5 Å². The highest BCUT2D eigenvalue weighted by atomic mass is 32.2. The first kappa shape index (κ1) is 14.9. The molecule has 2 aromatic carbocycles. The van der Waals surface area contributed by atoms with Crippen molar-refractivity contribution < 1.29 is 4.74 Å². The highest BCUT2D eigenvalue weighted by Crippen LogP contribution is 2.26. The lowest BCUT2D eigenvalue weighted by molar-refractivity contribution is 0.414. The predicted molar refractivity (Wildman–Crippen MR) is 86.6 cm³/mol. The van der Waals surface area contributed by atoms with Crippen molar-refractivity contribution in [2.45, 2.75) is 24.8 Å². The van der Waals surface area contributed by atoms with E-state index in [9.17, 15) is 0 Å². The topological polar surface area (TPSA) is 35.2 Å². The molecule has 0 aromatic heterocycles. The van der Waals surface area contributed by atoms with Gasteiger partial charge in [0.1, 0.15) is 5.75 Å². The molecular formula is C17H21NOS. The zero-order valence-electron chi connectivity index (χ0n) is 12.2. The summed E-state index contributed by atoms with van der Waals surface area (Å²) in [6.45, 7) is 4.27. The highest BCUT2D eigenvalue weighted by molar-refractivity contribution is 7.99. The summed E-state index contributed by atoms with van der Waals surface area (Å²) in [5.74, 6) is 1.73. The highest BCUT2D eigenvalue weighted by Gasteiger charge is 2.07. The van der Waals surface area contributed by atoms with Gasteiger partial charge in [-0.05, 0) is 54.8 Å². The maximum absolute atomic E-state index is 6.24. The molecule has 0 aliphatic heterocycles. The molecular weight excluding hydrogens is 266 g/mol. The third-order valence-electron chi connectivity index (χ3n) is 3.45. The van der Waals surface area contributed by atoms with Crippen LogP contribution in [0.3, 0.4) is 0 Å². The maximum atomic E-state index is 6.24. The molecule has 2 N–H and O–H groups in total. The molecule has 0 heterocycles. The van der Waals surface area contributed by atoms with Crippen LogP contribution >= 0.6 is 11.8 Å². The number of hydrogen-bond donors (Lipinski definition) is 1. The van der Waals surface area contributed by atoms with Crippen molar-refractivity contribution in [2.24, 2.45) is 5.73 Å². The Kier molecular flexibility index (Phi) is 5.10. The Bertz CT molecular complexity index is 566. The third-order valence-corrected chi connectivity index (χ3v) is 4.56. The van der Waals surface area contributed by atoms with Gasteiger partial charge in [-0.25, -0.2) is 0 Å². The van der Waals surface area contributed by atoms with E-state index < -0.39 is 0 Å². The van der Waals surface area contributed by atoms with Crippen molar-refractivity contribution in [2.75, 3.05) is 12.9 Å². The first-order chi connectivity index (χ1) is 9.60. The van der Waals surface area contributed by atoms with Crippen LogP contribution < -0.4 is 10.5 Å². The lowest BCUT2D eigenvalue weighted by Crippen LogP contribution is -2.12. The van der Waals surface area contributed by atoms with E-state index in [4.69, 9.17) is 10.5 Å². The van der Waals surface area contributed by atoms with E-state index in [1.165, 1.54) is 16.0 Å². The Morgan fingerprint density at radius 2 is 1.75 bits per heavy atom. The fourth-order valence-corrected chi connectivity index (χ4v) is 2.93. The zero-order valence-corrected chi connectivity index (χ0v) is 13.0. The molecule has 0 bridgehead atoms. The number of ether oxygens (including phenoxy) is 1. The Morgan fingerprint density at radius 1 is 1.05 bits per heavy atom. The maximum Gasteiger partial charge on any atom is 0.118 e. The van der Waals surface area contributed by atoms with Gasteiger partial charge in [0.2, 0.25) is 0 Å². The van der Waals surface area contributed by atoms with Crippen LogP contribution in [-0.2, 0) is 0 Å². The molecule has 0 saturated carbocycles. The normalized spacial score (nSPS) is 12.2. The number of thioether (sulfide) groups is 1. The van der Waals surface area contributed by atoms with Crippen LogP contribution in [0.5, 0.6) is 5.75 Å². The average Bonchev–Trinajstić information content (AvgIpc) is 2.48. The average molecular weight is 287 g/mol. The molecule has 0 fully saturated rings. The molecule has 2 nitrogen and oxygen atoms in total. The van der Waals surface area contributed by atoms with Crippen LogP contribution in [-0.4, -0.2) is 12.9 Å². The molecule has 1 atom stereocenters. The fraction of sp³-hybridized carbons (Fsp3) is 0.294. The summed E-state index contributed by atoms with van der Waals surface area (Å²) < 4.78 is 5.16. The van der Waals surface area contributed by atoms with E-state index in [1.807, 2.05) is 24.3 Å². The molecule has 0 radical (unpaired) electrons. The van der Waals surface area contributed by atoms with Crippen molar-refractivity contribution in [3.63, 3.8) is 0 Å². The van der Waals surface area contributed by atoms with Gasteiger partial charge in [-0.3, -0.25) is 0 Å². The van der Waals surface area contributed by atoms with Gasteiger partial charge in [0.25, 0.3) is 0 Å². The SMILES string of the molecule is COc1ccc(C(N)CSc2ccc(C)c(C)c2)cc1. The standard InChI is InChI=1S/C17H21NOS/c1-12-4-9-16(10-13(12)2)20-11-17(18)14-5-7-15(19-3)8-6-14/h4-10,17H,11,18H2,1-3H3. The fourth-order valence-electron chi connectivity index (χ4n) is 1.94. The molecule has 0 spiro atoms. The summed E-state index contributed by atoms with van der Waals surface area (Å²) in [4.78, 5) is 1.28. The Hall–Kier alpha value is -1.45. The van der Waals surface area contributed by atoms with Gasteiger partial charge in [-0.2, -0.15) is 0 Å². The first-order valence-electron chi connectivity index (χ1n) is 6.69. The number of rotatable bonds is 5. The van der Waals surface area contributed by atoms with Gasteiger partial charge >= 0.3 is 0 Å². The van der Waals surface area contributed by atoms with Crippen LogP contribution in [0.15, 0.2) is 47.4 Å². The van der Waals surface area contributed by atoms with Crippen LogP contribution in [0.2, 0.25) is 0 Å². The Morgan fingerprint density at radius 3 is 2.35 bits per heavy atom. The zero-order chi connectivity index (χ0) is 14.5. The number of aryl methyl sites for hydroxylation is 2. The summed E-state index contributed by atoms with van der Waals surface area (Å²) >= 11 is 1.80. The second kappa shape index (κ2) is 6.82. The largest absolute Gasteiger partial charge is 0.497 e. The van der Waals surface area contributed by atoms with E-state index in [0.29, 0.717) is 0 Å². The monoisotopic (exact) mass is 287 g/mol. The van der Waals surface area contributed by atoms with Crippen LogP contribution in [0.25, 0.3) is 0 Å². The molecule has 1 unspecified atom stereocenters. The third kappa shape index (κ3) is 3.78. The molecule has 0 aliphatic carbocycles. The van der Waals surface area contributed by atoms with E-state index in [2.05, 4.69) is 32.0 Å². The van der Waals surface area contributed by atoms with Gasteiger partial charge in [0.15, 0.2) is 0 Å². The minimum Gasteiger partial charge on any atom is -0.497 e. The molecule has 0 aliphatic rings. The lowest BCUT2D eigenvalue weighted by Gasteiger charge is -2.13.